The number of hydrogen-bond donors (Lipinski definition) is 2. The maximum Gasteiger partial charge on any atom is 0.220 e. The van der Waals surface area contributed by atoms with Crippen molar-refractivity contribution in [3.8, 4) is 0 Å². The molecule has 0 aromatic carbocycles. The molecule has 2 saturated heterocycles. The Morgan fingerprint density at radius 1 is 1.32 bits per heavy atom. The lowest BCUT2D eigenvalue weighted by molar-refractivity contribution is -0.121. The number of ether oxygens (including phenoxy) is 2. The van der Waals surface area contributed by atoms with Crippen LogP contribution in [0, 0.1) is 5.92 Å². The molecular formula is C18H34N4O3. The molecule has 0 bridgehead atoms. The van der Waals surface area contributed by atoms with E-state index in [1.165, 1.54) is 0 Å². The molecule has 2 N–H and O–H groups in total. The topological polar surface area (TPSA) is 75.2 Å². The summed E-state index contributed by atoms with van der Waals surface area (Å²) in [7, 11) is 3.53. The van der Waals surface area contributed by atoms with E-state index in [1.54, 1.807) is 7.05 Å². The number of carbonyl (C=O) groups is 1. The highest BCUT2D eigenvalue weighted by atomic mass is 16.5. The van der Waals surface area contributed by atoms with Gasteiger partial charge in [-0.2, -0.15) is 0 Å². The van der Waals surface area contributed by atoms with Gasteiger partial charge >= 0.3 is 0 Å². The monoisotopic (exact) mass is 354 g/mol. The highest BCUT2D eigenvalue weighted by Gasteiger charge is 2.22. The molecule has 144 valence electrons. The summed E-state index contributed by atoms with van der Waals surface area (Å²) in [4.78, 5) is 18.2. The summed E-state index contributed by atoms with van der Waals surface area (Å²) in [5, 5.41) is 6.13. The molecule has 2 aliphatic rings. The van der Waals surface area contributed by atoms with Gasteiger partial charge in [-0.05, 0) is 38.0 Å². The molecule has 25 heavy (non-hydrogen) atoms. The number of amides is 1. The first kappa shape index (κ1) is 20.0. The molecule has 7 heteroatoms. The smallest absolute Gasteiger partial charge is 0.220 e. The van der Waals surface area contributed by atoms with Crippen LogP contribution in [0.2, 0.25) is 0 Å². The van der Waals surface area contributed by atoms with Crippen molar-refractivity contribution >= 4 is 11.9 Å². The van der Waals surface area contributed by atoms with E-state index in [4.69, 9.17) is 9.47 Å². The molecule has 1 unspecified atom stereocenters. The zero-order chi connectivity index (χ0) is 17.9. The highest BCUT2D eigenvalue weighted by molar-refractivity contribution is 5.80. The molecule has 2 heterocycles. The SMILES string of the molecule is CN=C(NCCCOCC1CCCO1)N1CCC(CC(=O)NC)CC1. The number of likely N-dealkylation sites (tertiary alicyclic amines) is 1. The van der Waals surface area contributed by atoms with Crippen molar-refractivity contribution < 1.29 is 14.3 Å². The Morgan fingerprint density at radius 2 is 2.12 bits per heavy atom. The summed E-state index contributed by atoms with van der Waals surface area (Å²) in [5.74, 6) is 1.59. The van der Waals surface area contributed by atoms with Gasteiger partial charge in [-0.15, -0.1) is 0 Å². The molecule has 7 nitrogen and oxygen atoms in total. The second-order valence-corrected chi connectivity index (χ2v) is 6.85. The van der Waals surface area contributed by atoms with E-state index in [1.807, 2.05) is 7.05 Å². The molecule has 1 atom stereocenters. The van der Waals surface area contributed by atoms with Crippen molar-refractivity contribution in [1.82, 2.24) is 15.5 Å². The molecular weight excluding hydrogens is 320 g/mol. The third-order valence-corrected chi connectivity index (χ3v) is 4.96. The Hall–Kier alpha value is -1.34. The quantitative estimate of drug-likeness (QED) is 0.386. The number of piperidine rings is 1. The minimum Gasteiger partial charge on any atom is -0.379 e. The Labute approximate surface area is 151 Å². The fourth-order valence-corrected chi connectivity index (χ4v) is 3.41. The van der Waals surface area contributed by atoms with Crippen LogP contribution in [0.3, 0.4) is 0 Å². The first-order valence-electron chi connectivity index (χ1n) is 9.58. The third kappa shape index (κ3) is 7.20. The molecule has 2 aliphatic heterocycles. The maximum atomic E-state index is 11.5. The number of guanidine groups is 1. The van der Waals surface area contributed by atoms with Crippen LogP contribution in [0.15, 0.2) is 4.99 Å². The van der Waals surface area contributed by atoms with Gasteiger partial charge in [-0.1, -0.05) is 0 Å². The Morgan fingerprint density at radius 3 is 2.76 bits per heavy atom. The van der Waals surface area contributed by atoms with Gasteiger partial charge in [-0.25, -0.2) is 0 Å². The molecule has 0 spiro atoms. The summed E-state index contributed by atoms with van der Waals surface area (Å²) >= 11 is 0. The summed E-state index contributed by atoms with van der Waals surface area (Å²) in [6, 6.07) is 0. The number of rotatable bonds is 8. The lowest BCUT2D eigenvalue weighted by Gasteiger charge is -2.34. The predicted molar refractivity (Wildman–Crippen MR) is 98.8 cm³/mol. The summed E-state index contributed by atoms with van der Waals surface area (Å²) in [6.45, 7) is 5.11. The van der Waals surface area contributed by atoms with E-state index >= 15 is 0 Å². The molecule has 0 radical (unpaired) electrons. The molecule has 0 saturated carbocycles. The van der Waals surface area contributed by atoms with Crippen molar-refractivity contribution in [3.05, 3.63) is 0 Å². The van der Waals surface area contributed by atoms with Gasteiger partial charge in [0.15, 0.2) is 5.96 Å². The molecule has 0 aliphatic carbocycles. The van der Waals surface area contributed by atoms with Gasteiger partial charge in [0.25, 0.3) is 0 Å². The number of nitrogens with one attached hydrogen (secondary N) is 2. The van der Waals surface area contributed by atoms with Crippen LogP contribution >= 0.6 is 0 Å². The van der Waals surface area contributed by atoms with Crippen LogP contribution in [0.4, 0.5) is 0 Å². The number of hydrogen-bond acceptors (Lipinski definition) is 4. The largest absolute Gasteiger partial charge is 0.379 e. The number of carbonyl (C=O) groups excluding carboxylic acids is 1. The van der Waals surface area contributed by atoms with Crippen molar-refractivity contribution in [3.63, 3.8) is 0 Å². The fraction of sp³-hybridized carbons (Fsp3) is 0.889. The van der Waals surface area contributed by atoms with E-state index in [0.717, 1.165) is 70.9 Å². The first-order valence-corrected chi connectivity index (χ1v) is 9.58. The van der Waals surface area contributed by atoms with Crippen LogP contribution in [0.5, 0.6) is 0 Å². The van der Waals surface area contributed by atoms with Crippen LogP contribution in [0.25, 0.3) is 0 Å². The minimum absolute atomic E-state index is 0.143. The number of aliphatic imine (C=N–C) groups is 1. The normalized spacial score (nSPS) is 22.2. The predicted octanol–water partition coefficient (Wildman–Crippen LogP) is 0.996. The lowest BCUT2D eigenvalue weighted by Crippen LogP contribution is -2.46. The van der Waals surface area contributed by atoms with Gasteiger partial charge in [0, 0.05) is 53.4 Å². The lowest BCUT2D eigenvalue weighted by atomic mass is 9.93. The van der Waals surface area contributed by atoms with E-state index in [-0.39, 0.29) is 5.91 Å². The van der Waals surface area contributed by atoms with E-state index in [9.17, 15) is 4.79 Å². The number of nitrogens with zero attached hydrogens (tertiary/aromatic N) is 2. The van der Waals surface area contributed by atoms with Crippen molar-refractivity contribution in [2.75, 3.05) is 53.6 Å². The summed E-state index contributed by atoms with van der Waals surface area (Å²) in [5.41, 5.74) is 0. The van der Waals surface area contributed by atoms with Gasteiger partial charge in [0.2, 0.25) is 5.91 Å². The van der Waals surface area contributed by atoms with Gasteiger partial charge in [0.1, 0.15) is 0 Å². The standard InChI is InChI=1S/C18H34N4O3/c1-19-17(23)13-15-6-9-22(10-7-15)18(20-2)21-8-4-11-24-14-16-5-3-12-25-16/h15-16H,3-14H2,1-2H3,(H,19,23)(H,20,21). The molecule has 2 rings (SSSR count). The van der Waals surface area contributed by atoms with Gasteiger partial charge in [-0.3, -0.25) is 9.79 Å². The zero-order valence-electron chi connectivity index (χ0n) is 15.8. The van der Waals surface area contributed by atoms with Crippen LogP contribution in [-0.4, -0.2) is 76.4 Å². The van der Waals surface area contributed by atoms with Crippen molar-refractivity contribution in [2.24, 2.45) is 10.9 Å². The molecule has 2 fully saturated rings. The molecule has 0 aromatic heterocycles. The van der Waals surface area contributed by atoms with Gasteiger partial charge in [0.05, 0.1) is 12.7 Å². The van der Waals surface area contributed by atoms with Crippen LogP contribution in [-0.2, 0) is 14.3 Å². The van der Waals surface area contributed by atoms with E-state index in [0.29, 0.717) is 25.0 Å². The zero-order valence-corrected chi connectivity index (χ0v) is 15.8. The summed E-state index contributed by atoms with van der Waals surface area (Å²) in [6.07, 6.45) is 6.26. The van der Waals surface area contributed by atoms with Crippen molar-refractivity contribution in [1.29, 1.82) is 0 Å². The van der Waals surface area contributed by atoms with E-state index < -0.39 is 0 Å². The Bertz CT molecular complexity index is 417. The average molecular weight is 354 g/mol. The Balaban J connectivity index is 1.55. The van der Waals surface area contributed by atoms with Gasteiger partial charge < -0.3 is 25.0 Å². The second kappa shape index (κ2) is 11.3. The molecule has 1 amide bonds. The van der Waals surface area contributed by atoms with Crippen LogP contribution < -0.4 is 10.6 Å². The fourth-order valence-electron chi connectivity index (χ4n) is 3.41. The molecule has 0 aromatic rings. The summed E-state index contributed by atoms with van der Waals surface area (Å²) < 4.78 is 11.2. The van der Waals surface area contributed by atoms with Crippen molar-refractivity contribution in [2.45, 2.75) is 44.6 Å². The highest BCUT2D eigenvalue weighted by Crippen LogP contribution is 2.20. The Kier molecular flexibility index (Phi) is 9.04. The second-order valence-electron chi connectivity index (χ2n) is 6.85. The van der Waals surface area contributed by atoms with Crippen LogP contribution in [0.1, 0.15) is 38.5 Å². The maximum absolute atomic E-state index is 11.5. The minimum atomic E-state index is 0.143. The average Bonchev–Trinajstić information content (AvgIpc) is 3.15. The van der Waals surface area contributed by atoms with E-state index in [2.05, 4.69) is 20.5 Å². The third-order valence-electron chi connectivity index (χ3n) is 4.96. The first-order chi connectivity index (χ1) is 12.2.